The van der Waals surface area contributed by atoms with Gasteiger partial charge in [0.05, 0.1) is 6.61 Å². The van der Waals surface area contributed by atoms with Crippen molar-refractivity contribution in [3.63, 3.8) is 0 Å². The van der Waals surface area contributed by atoms with Crippen LogP contribution in [-0.4, -0.2) is 24.0 Å². The molecule has 1 amide bonds. The lowest BCUT2D eigenvalue weighted by atomic mass is 9.53. The summed E-state index contributed by atoms with van der Waals surface area (Å²) in [7, 11) is 0. The van der Waals surface area contributed by atoms with Crippen molar-refractivity contribution in [2.75, 3.05) is 6.61 Å². The van der Waals surface area contributed by atoms with E-state index < -0.39 is 0 Å². The van der Waals surface area contributed by atoms with E-state index in [4.69, 9.17) is 4.74 Å². The van der Waals surface area contributed by atoms with Gasteiger partial charge in [0.2, 0.25) is 5.91 Å². The van der Waals surface area contributed by atoms with Crippen LogP contribution in [0.4, 0.5) is 0 Å². The molecule has 0 heterocycles. The molecule has 0 aliphatic heterocycles. The van der Waals surface area contributed by atoms with Gasteiger partial charge in [-0.25, -0.2) is 0 Å². The first-order valence-corrected chi connectivity index (χ1v) is 10.4. The zero-order valence-corrected chi connectivity index (χ0v) is 16.0. The zero-order chi connectivity index (χ0) is 17.9. The van der Waals surface area contributed by atoms with Crippen LogP contribution in [0, 0.1) is 23.7 Å². The Kier molecular flexibility index (Phi) is 6.06. The standard InChI is InChI=1S/C21H35NO3/c1-15(2)5-4-8-25-20(24)7-3-6-19(23)22-21-12-16-9-17(13-21)11-18(10-16)14-21/h15-18H,3-14H2,1-2H3,(H,22,23). The molecule has 4 aliphatic carbocycles. The SMILES string of the molecule is CC(C)CCCOC(=O)CCCC(=O)NC12CC3CC(CC(C3)C1)C2. The lowest BCUT2D eigenvalue weighted by Gasteiger charge is -2.56. The Hall–Kier alpha value is -1.06. The molecule has 4 fully saturated rings. The number of hydrogen-bond donors (Lipinski definition) is 1. The average Bonchev–Trinajstić information content (AvgIpc) is 2.49. The Labute approximate surface area is 152 Å². The highest BCUT2D eigenvalue weighted by Crippen LogP contribution is 2.55. The summed E-state index contributed by atoms with van der Waals surface area (Å²) in [5.74, 6) is 3.14. The van der Waals surface area contributed by atoms with E-state index in [1.165, 1.54) is 38.5 Å². The predicted molar refractivity (Wildman–Crippen MR) is 97.9 cm³/mol. The quantitative estimate of drug-likeness (QED) is 0.501. The van der Waals surface area contributed by atoms with Gasteiger partial charge in [-0.2, -0.15) is 0 Å². The van der Waals surface area contributed by atoms with Crippen LogP contribution in [-0.2, 0) is 14.3 Å². The number of amides is 1. The van der Waals surface area contributed by atoms with Gasteiger partial charge in [0.25, 0.3) is 0 Å². The highest BCUT2D eigenvalue weighted by molar-refractivity contribution is 5.77. The molecule has 0 unspecified atom stereocenters. The predicted octanol–water partition coefficient (Wildman–Crippen LogP) is 4.22. The van der Waals surface area contributed by atoms with Crippen molar-refractivity contribution in [2.45, 2.75) is 90.0 Å². The molecule has 0 spiro atoms. The van der Waals surface area contributed by atoms with Crippen LogP contribution >= 0.6 is 0 Å². The van der Waals surface area contributed by atoms with Gasteiger partial charge in [0.1, 0.15) is 0 Å². The molecule has 142 valence electrons. The molecule has 4 rings (SSSR count). The van der Waals surface area contributed by atoms with E-state index >= 15 is 0 Å². The molecular formula is C21H35NO3. The molecule has 0 saturated heterocycles. The minimum atomic E-state index is -0.161. The molecular weight excluding hydrogens is 314 g/mol. The second-order valence-corrected chi connectivity index (χ2v) is 9.36. The van der Waals surface area contributed by atoms with Crippen molar-refractivity contribution in [1.82, 2.24) is 5.32 Å². The third-order valence-electron chi connectivity index (χ3n) is 6.42. The molecule has 4 saturated carbocycles. The number of carbonyl (C=O) groups is 2. The van der Waals surface area contributed by atoms with Crippen molar-refractivity contribution in [3.05, 3.63) is 0 Å². The van der Waals surface area contributed by atoms with Crippen molar-refractivity contribution in [1.29, 1.82) is 0 Å². The smallest absolute Gasteiger partial charge is 0.305 e. The molecule has 4 bridgehead atoms. The maximum Gasteiger partial charge on any atom is 0.305 e. The first kappa shape index (κ1) is 18.7. The molecule has 4 aliphatic rings. The molecule has 1 N–H and O–H groups in total. The maximum absolute atomic E-state index is 12.4. The van der Waals surface area contributed by atoms with E-state index in [0.717, 1.165) is 30.6 Å². The van der Waals surface area contributed by atoms with Gasteiger partial charge < -0.3 is 10.1 Å². The van der Waals surface area contributed by atoms with Crippen molar-refractivity contribution in [2.24, 2.45) is 23.7 Å². The fourth-order valence-corrected chi connectivity index (χ4v) is 5.77. The molecule has 4 nitrogen and oxygen atoms in total. The van der Waals surface area contributed by atoms with Crippen LogP contribution in [0.2, 0.25) is 0 Å². The number of esters is 1. The summed E-state index contributed by atoms with van der Waals surface area (Å²) >= 11 is 0. The Bertz CT molecular complexity index is 450. The van der Waals surface area contributed by atoms with E-state index in [1.54, 1.807) is 0 Å². The van der Waals surface area contributed by atoms with E-state index in [0.29, 0.717) is 31.8 Å². The molecule has 0 aromatic rings. The summed E-state index contributed by atoms with van der Waals surface area (Å²) in [5, 5.41) is 3.37. The fraction of sp³-hybridized carbons (Fsp3) is 0.905. The molecule has 0 radical (unpaired) electrons. The van der Waals surface area contributed by atoms with E-state index in [-0.39, 0.29) is 17.4 Å². The van der Waals surface area contributed by atoms with Gasteiger partial charge >= 0.3 is 5.97 Å². The summed E-state index contributed by atoms with van der Waals surface area (Å²) < 4.78 is 5.24. The lowest BCUT2D eigenvalue weighted by Crippen LogP contribution is -2.59. The minimum absolute atomic E-state index is 0.0865. The number of hydrogen-bond acceptors (Lipinski definition) is 3. The van der Waals surface area contributed by atoms with Crippen molar-refractivity contribution < 1.29 is 14.3 Å². The first-order chi connectivity index (χ1) is 11.9. The van der Waals surface area contributed by atoms with Gasteiger partial charge in [0.15, 0.2) is 0 Å². The summed E-state index contributed by atoms with van der Waals surface area (Å²) in [6.07, 6.45) is 11.1. The lowest BCUT2D eigenvalue weighted by molar-refractivity contribution is -0.144. The highest BCUT2D eigenvalue weighted by Gasteiger charge is 2.51. The number of carbonyl (C=O) groups excluding carboxylic acids is 2. The second-order valence-electron chi connectivity index (χ2n) is 9.36. The fourth-order valence-electron chi connectivity index (χ4n) is 5.77. The largest absolute Gasteiger partial charge is 0.466 e. The number of rotatable bonds is 9. The van der Waals surface area contributed by atoms with Crippen molar-refractivity contribution in [3.8, 4) is 0 Å². The maximum atomic E-state index is 12.4. The van der Waals surface area contributed by atoms with Gasteiger partial charge in [-0.05, 0) is 81.5 Å². The Morgan fingerprint density at radius 2 is 1.60 bits per heavy atom. The highest BCUT2D eigenvalue weighted by atomic mass is 16.5. The second kappa shape index (κ2) is 8.09. The summed E-state index contributed by atoms with van der Waals surface area (Å²) in [6.45, 7) is 4.85. The molecule has 25 heavy (non-hydrogen) atoms. The first-order valence-electron chi connectivity index (χ1n) is 10.4. The topological polar surface area (TPSA) is 55.4 Å². The van der Waals surface area contributed by atoms with Crippen LogP contribution in [0.25, 0.3) is 0 Å². The third-order valence-corrected chi connectivity index (χ3v) is 6.42. The Morgan fingerprint density at radius 3 is 2.16 bits per heavy atom. The van der Waals surface area contributed by atoms with Crippen LogP contribution in [0.1, 0.15) is 84.5 Å². The Balaban J connectivity index is 1.31. The van der Waals surface area contributed by atoms with Crippen LogP contribution in [0.3, 0.4) is 0 Å². The average molecular weight is 350 g/mol. The van der Waals surface area contributed by atoms with E-state index in [2.05, 4.69) is 19.2 Å². The van der Waals surface area contributed by atoms with Crippen LogP contribution < -0.4 is 5.32 Å². The van der Waals surface area contributed by atoms with E-state index in [1.807, 2.05) is 0 Å². The third kappa shape index (κ3) is 5.21. The molecule has 0 aromatic carbocycles. The van der Waals surface area contributed by atoms with Gasteiger partial charge in [-0.1, -0.05) is 13.8 Å². The van der Waals surface area contributed by atoms with Crippen molar-refractivity contribution >= 4 is 11.9 Å². The minimum Gasteiger partial charge on any atom is -0.466 e. The number of nitrogens with one attached hydrogen (secondary N) is 1. The molecule has 0 atom stereocenters. The number of ether oxygens (including phenoxy) is 1. The van der Waals surface area contributed by atoms with Gasteiger partial charge in [-0.15, -0.1) is 0 Å². The van der Waals surface area contributed by atoms with Gasteiger partial charge in [-0.3, -0.25) is 9.59 Å². The van der Waals surface area contributed by atoms with Crippen LogP contribution in [0.15, 0.2) is 0 Å². The van der Waals surface area contributed by atoms with E-state index in [9.17, 15) is 9.59 Å². The summed E-state index contributed by atoms with van der Waals surface area (Å²) in [4.78, 5) is 24.1. The molecule has 4 heteroatoms. The molecule has 0 aromatic heterocycles. The monoisotopic (exact) mass is 349 g/mol. The summed E-state index contributed by atoms with van der Waals surface area (Å²) in [6, 6.07) is 0. The van der Waals surface area contributed by atoms with Gasteiger partial charge in [0, 0.05) is 18.4 Å². The van der Waals surface area contributed by atoms with Crippen LogP contribution in [0.5, 0.6) is 0 Å². The summed E-state index contributed by atoms with van der Waals surface area (Å²) in [5.41, 5.74) is 0.0865. The zero-order valence-electron chi connectivity index (χ0n) is 16.0. The normalized spacial score (nSPS) is 32.8. The Morgan fingerprint density at radius 1 is 1.00 bits per heavy atom.